The van der Waals surface area contributed by atoms with Crippen LogP contribution in [0.5, 0.6) is 5.75 Å². The summed E-state index contributed by atoms with van der Waals surface area (Å²) in [6.45, 7) is 6.67. The number of ether oxygens (including phenoxy) is 1. The Kier molecular flexibility index (Phi) is 12.2. The van der Waals surface area contributed by atoms with Gasteiger partial charge in [0.15, 0.2) is 0 Å². The highest BCUT2D eigenvalue weighted by molar-refractivity contribution is 7.92. The van der Waals surface area contributed by atoms with Crippen molar-refractivity contribution in [2.45, 2.75) is 64.1 Å². The molecular formula is C31H36Cl3N3O5S. The smallest absolute Gasteiger partial charge is 0.264 e. The van der Waals surface area contributed by atoms with Crippen LogP contribution in [0.2, 0.25) is 15.1 Å². The Bertz CT molecular complexity index is 1530. The lowest BCUT2D eigenvalue weighted by molar-refractivity contribution is -0.140. The largest absolute Gasteiger partial charge is 0.495 e. The number of sulfonamides is 1. The number of aryl methyl sites for hydroxylation is 1. The van der Waals surface area contributed by atoms with E-state index in [0.29, 0.717) is 27.8 Å². The van der Waals surface area contributed by atoms with E-state index in [1.807, 2.05) is 20.8 Å². The summed E-state index contributed by atoms with van der Waals surface area (Å²) >= 11 is 19.3. The standard InChI is InChI=1S/C31H36Cl3N3O5S/c1-6-21(4)35-31(39)28(7-2)36(18-24-25(32)9-8-10-26(24)33)30(38)19-37(22-13-16-29(42-5)27(34)17-22)43(40,41)23-14-11-20(3)12-15-23/h8-17,21,28H,6-7,18-19H2,1-5H3,(H,35,39)/t21-,28+/m0/s1. The summed E-state index contributed by atoms with van der Waals surface area (Å²) in [7, 11) is -2.82. The van der Waals surface area contributed by atoms with Crippen molar-refractivity contribution in [3.8, 4) is 5.75 Å². The number of carbonyl (C=O) groups excluding carboxylic acids is 2. The van der Waals surface area contributed by atoms with Crippen LogP contribution in [-0.4, -0.2) is 50.9 Å². The summed E-state index contributed by atoms with van der Waals surface area (Å²) in [5, 5.41) is 3.73. The lowest BCUT2D eigenvalue weighted by Gasteiger charge is -2.34. The van der Waals surface area contributed by atoms with Crippen LogP contribution in [-0.2, 0) is 26.2 Å². The van der Waals surface area contributed by atoms with Crippen molar-refractivity contribution in [1.29, 1.82) is 0 Å². The van der Waals surface area contributed by atoms with Crippen molar-refractivity contribution in [2.24, 2.45) is 0 Å². The number of halogens is 3. The average Bonchev–Trinajstić information content (AvgIpc) is 2.97. The summed E-state index contributed by atoms with van der Waals surface area (Å²) < 4.78 is 34.3. The van der Waals surface area contributed by atoms with Gasteiger partial charge in [-0.05, 0) is 69.2 Å². The minimum Gasteiger partial charge on any atom is -0.495 e. The molecule has 2 atom stereocenters. The highest BCUT2D eigenvalue weighted by atomic mass is 35.5. The quantitative estimate of drug-likeness (QED) is 0.214. The van der Waals surface area contributed by atoms with E-state index in [1.165, 1.54) is 42.3 Å². The molecule has 2 amide bonds. The summed E-state index contributed by atoms with van der Waals surface area (Å²) in [6, 6.07) is 14.6. The number of benzene rings is 3. The number of hydrogen-bond donors (Lipinski definition) is 1. The van der Waals surface area contributed by atoms with E-state index in [4.69, 9.17) is 39.5 Å². The van der Waals surface area contributed by atoms with Gasteiger partial charge in [-0.2, -0.15) is 0 Å². The second-order valence-electron chi connectivity index (χ2n) is 10.1. The number of nitrogens with one attached hydrogen (secondary N) is 1. The first-order valence-electron chi connectivity index (χ1n) is 13.8. The number of carbonyl (C=O) groups is 2. The minimum absolute atomic E-state index is 0.0138. The fourth-order valence-electron chi connectivity index (χ4n) is 4.39. The second kappa shape index (κ2) is 15.1. The Balaban J connectivity index is 2.14. The molecule has 1 N–H and O–H groups in total. The predicted octanol–water partition coefficient (Wildman–Crippen LogP) is 6.88. The normalized spacial score (nSPS) is 12.7. The van der Waals surface area contributed by atoms with Gasteiger partial charge in [-0.3, -0.25) is 13.9 Å². The number of methoxy groups -OCH3 is 1. The van der Waals surface area contributed by atoms with Crippen LogP contribution in [0.1, 0.15) is 44.7 Å². The zero-order valence-corrected chi connectivity index (χ0v) is 27.8. The molecule has 232 valence electrons. The Morgan fingerprint density at radius 1 is 0.930 bits per heavy atom. The Labute approximate surface area is 268 Å². The van der Waals surface area contributed by atoms with Crippen molar-refractivity contribution in [3.63, 3.8) is 0 Å². The third-order valence-corrected chi connectivity index (χ3v) is 9.88. The molecule has 0 heterocycles. The molecule has 43 heavy (non-hydrogen) atoms. The molecule has 0 unspecified atom stereocenters. The van der Waals surface area contributed by atoms with E-state index >= 15 is 0 Å². The molecular weight excluding hydrogens is 633 g/mol. The summed E-state index contributed by atoms with van der Waals surface area (Å²) in [5.74, 6) is -0.661. The number of rotatable bonds is 13. The van der Waals surface area contributed by atoms with E-state index < -0.39 is 28.5 Å². The Hall–Kier alpha value is -2.98. The van der Waals surface area contributed by atoms with Crippen molar-refractivity contribution >= 4 is 62.3 Å². The minimum atomic E-state index is -4.27. The zero-order valence-electron chi connectivity index (χ0n) is 24.7. The zero-order chi connectivity index (χ0) is 31.9. The van der Waals surface area contributed by atoms with Gasteiger partial charge >= 0.3 is 0 Å². The van der Waals surface area contributed by atoms with Gasteiger partial charge in [0.2, 0.25) is 11.8 Å². The lowest BCUT2D eigenvalue weighted by Crippen LogP contribution is -2.53. The van der Waals surface area contributed by atoms with Crippen LogP contribution in [0.15, 0.2) is 65.6 Å². The van der Waals surface area contributed by atoms with Crippen molar-refractivity contribution in [2.75, 3.05) is 18.0 Å². The van der Waals surface area contributed by atoms with Crippen molar-refractivity contribution < 1.29 is 22.7 Å². The van der Waals surface area contributed by atoms with Gasteiger partial charge in [-0.15, -0.1) is 0 Å². The summed E-state index contributed by atoms with van der Waals surface area (Å²) in [4.78, 5) is 29.0. The first-order valence-corrected chi connectivity index (χ1v) is 16.4. The Morgan fingerprint density at radius 3 is 2.09 bits per heavy atom. The monoisotopic (exact) mass is 667 g/mol. The molecule has 0 radical (unpaired) electrons. The summed E-state index contributed by atoms with van der Waals surface area (Å²) in [5.41, 5.74) is 1.46. The van der Waals surface area contributed by atoms with Crippen LogP contribution in [0, 0.1) is 6.92 Å². The number of hydrogen-bond acceptors (Lipinski definition) is 5. The maximum absolute atomic E-state index is 14.3. The number of nitrogens with zero attached hydrogens (tertiary/aromatic N) is 2. The predicted molar refractivity (Wildman–Crippen MR) is 173 cm³/mol. The Morgan fingerprint density at radius 2 is 1.56 bits per heavy atom. The van der Waals surface area contributed by atoms with Crippen molar-refractivity contribution in [3.05, 3.63) is 86.9 Å². The third kappa shape index (κ3) is 8.35. The molecule has 0 aliphatic heterocycles. The molecule has 0 aliphatic rings. The molecule has 12 heteroatoms. The van der Waals surface area contributed by atoms with Crippen LogP contribution in [0.3, 0.4) is 0 Å². The molecule has 0 spiro atoms. The van der Waals surface area contributed by atoms with Gasteiger partial charge in [0, 0.05) is 28.2 Å². The van der Waals surface area contributed by atoms with Gasteiger partial charge in [-0.25, -0.2) is 8.42 Å². The molecule has 0 aromatic heterocycles. The van der Waals surface area contributed by atoms with Crippen LogP contribution < -0.4 is 14.4 Å². The molecule has 3 aromatic rings. The average molecular weight is 669 g/mol. The highest BCUT2D eigenvalue weighted by Crippen LogP contribution is 2.33. The fourth-order valence-corrected chi connectivity index (χ4v) is 6.57. The molecule has 0 saturated carbocycles. The van der Waals surface area contributed by atoms with Crippen LogP contribution in [0.25, 0.3) is 0 Å². The number of amides is 2. The fraction of sp³-hybridized carbons (Fsp3) is 0.355. The van der Waals surface area contributed by atoms with E-state index in [2.05, 4.69) is 5.32 Å². The van der Waals surface area contributed by atoms with Crippen LogP contribution >= 0.6 is 34.8 Å². The number of anilines is 1. The van der Waals surface area contributed by atoms with E-state index in [1.54, 1.807) is 37.3 Å². The third-order valence-electron chi connectivity index (χ3n) is 7.09. The van der Waals surface area contributed by atoms with E-state index in [-0.39, 0.29) is 40.5 Å². The van der Waals surface area contributed by atoms with Crippen molar-refractivity contribution in [1.82, 2.24) is 10.2 Å². The van der Waals surface area contributed by atoms with Gasteiger partial charge < -0.3 is 15.0 Å². The first kappa shape index (κ1) is 34.5. The molecule has 8 nitrogen and oxygen atoms in total. The summed E-state index contributed by atoms with van der Waals surface area (Å²) in [6.07, 6.45) is 0.947. The molecule has 0 saturated heterocycles. The molecule has 3 aromatic carbocycles. The highest BCUT2D eigenvalue weighted by Gasteiger charge is 2.34. The van der Waals surface area contributed by atoms with Gasteiger partial charge in [0.05, 0.1) is 22.7 Å². The SMILES string of the molecule is CC[C@H](C(=O)N[C@@H](C)CC)N(Cc1c(Cl)cccc1Cl)C(=O)CN(c1ccc(OC)c(Cl)c1)S(=O)(=O)c1ccc(C)cc1. The van der Waals surface area contributed by atoms with Crippen LogP contribution in [0.4, 0.5) is 5.69 Å². The van der Waals surface area contributed by atoms with E-state index in [0.717, 1.165) is 9.87 Å². The molecule has 0 fully saturated rings. The second-order valence-corrected chi connectivity index (χ2v) is 13.2. The maximum Gasteiger partial charge on any atom is 0.264 e. The molecule has 0 bridgehead atoms. The lowest BCUT2D eigenvalue weighted by atomic mass is 10.1. The topological polar surface area (TPSA) is 96.0 Å². The van der Waals surface area contributed by atoms with Gasteiger partial charge in [0.1, 0.15) is 18.3 Å². The van der Waals surface area contributed by atoms with E-state index in [9.17, 15) is 18.0 Å². The van der Waals surface area contributed by atoms with Gasteiger partial charge in [0.25, 0.3) is 10.0 Å². The molecule has 0 aliphatic carbocycles. The molecule has 3 rings (SSSR count). The maximum atomic E-state index is 14.3. The van der Waals surface area contributed by atoms with Gasteiger partial charge in [-0.1, -0.05) is 72.4 Å². The first-order chi connectivity index (χ1) is 20.3.